The van der Waals surface area contributed by atoms with Crippen LogP contribution in [0.5, 0.6) is 17.2 Å². The number of anilines is 1. The third kappa shape index (κ3) is 4.60. The van der Waals surface area contributed by atoms with Crippen LogP contribution in [0.1, 0.15) is 5.56 Å². The highest BCUT2D eigenvalue weighted by molar-refractivity contribution is 5.93. The highest BCUT2D eigenvalue weighted by Gasteiger charge is 2.13. The number of methoxy groups -OCH3 is 2. The van der Waals surface area contributed by atoms with Crippen molar-refractivity contribution in [3.63, 3.8) is 0 Å². The van der Waals surface area contributed by atoms with Crippen LogP contribution in [0.4, 0.5) is 11.4 Å². The summed E-state index contributed by atoms with van der Waals surface area (Å²) in [5.74, 6) is 1.05. The van der Waals surface area contributed by atoms with E-state index >= 15 is 0 Å². The van der Waals surface area contributed by atoms with Crippen molar-refractivity contribution in [1.82, 2.24) is 0 Å². The summed E-state index contributed by atoms with van der Waals surface area (Å²) in [5.41, 5.74) is 0.941. The minimum atomic E-state index is -0.470. The number of nitro groups is 1. The number of amides is 1. The first-order valence-electron chi connectivity index (χ1n) is 7.34. The lowest BCUT2D eigenvalue weighted by atomic mass is 10.2. The molecule has 0 saturated heterocycles. The lowest BCUT2D eigenvalue weighted by Gasteiger charge is -2.12. The van der Waals surface area contributed by atoms with Crippen LogP contribution in [0.15, 0.2) is 36.4 Å². The van der Waals surface area contributed by atoms with Crippen molar-refractivity contribution >= 4 is 17.3 Å². The molecule has 0 aliphatic carbocycles. The molecule has 0 unspecified atom stereocenters. The Bertz CT molecular complexity index is 791. The summed E-state index contributed by atoms with van der Waals surface area (Å²) in [6, 6.07) is 9.31. The number of carbonyl (C=O) groups excluding carboxylic acids is 1. The first-order chi connectivity index (χ1) is 11.9. The molecule has 2 rings (SSSR count). The van der Waals surface area contributed by atoms with E-state index in [0.717, 1.165) is 0 Å². The van der Waals surface area contributed by atoms with Gasteiger partial charge in [0.25, 0.3) is 11.6 Å². The van der Waals surface area contributed by atoms with Gasteiger partial charge in [-0.25, -0.2) is 0 Å². The largest absolute Gasteiger partial charge is 0.497 e. The topological polar surface area (TPSA) is 99.9 Å². The van der Waals surface area contributed by atoms with Crippen LogP contribution in [-0.2, 0) is 4.79 Å². The predicted octanol–water partition coefficient (Wildman–Crippen LogP) is 2.94. The molecule has 0 aliphatic heterocycles. The number of ether oxygens (including phenoxy) is 3. The Morgan fingerprint density at radius 3 is 2.44 bits per heavy atom. The van der Waals surface area contributed by atoms with Crippen molar-refractivity contribution in [1.29, 1.82) is 0 Å². The molecule has 2 aromatic rings. The van der Waals surface area contributed by atoms with E-state index < -0.39 is 4.92 Å². The molecule has 132 valence electrons. The molecule has 0 radical (unpaired) electrons. The quantitative estimate of drug-likeness (QED) is 0.611. The molecule has 0 bridgehead atoms. The second-order valence-electron chi connectivity index (χ2n) is 5.11. The summed E-state index contributed by atoms with van der Waals surface area (Å²) < 4.78 is 15.7. The van der Waals surface area contributed by atoms with E-state index in [9.17, 15) is 14.9 Å². The van der Waals surface area contributed by atoms with E-state index in [4.69, 9.17) is 14.2 Å². The fourth-order valence-corrected chi connectivity index (χ4v) is 2.16. The lowest BCUT2D eigenvalue weighted by Crippen LogP contribution is -2.20. The number of nitrogens with zero attached hydrogens (tertiary/aromatic N) is 1. The molecule has 1 amide bonds. The predicted molar refractivity (Wildman–Crippen MR) is 91.5 cm³/mol. The van der Waals surface area contributed by atoms with Crippen LogP contribution < -0.4 is 19.5 Å². The molecule has 0 aromatic heterocycles. The van der Waals surface area contributed by atoms with Gasteiger partial charge >= 0.3 is 0 Å². The number of nitrogens with one attached hydrogen (secondary N) is 1. The van der Waals surface area contributed by atoms with E-state index in [1.807, 2.05) is 0 Å². The minimum absolute atomic E-state index is 0.000212. The molecule has 0 atom stereocenters. The maximum atomic E-state index is 12.0. The van der Waals surface area contributed by atoms with Crippen LogP contribution in [0.25, 0.3) is 0 Å². The first-order valence-corrected chi connectivity index (χ1v) is 7.34. The average Bonchev–Trinajstić information content (AvgIpc) is 2.60. The van der Waals surface area contributed by atoms with Crippen LogP contribution in [0.3, 0.4) is 0 Å². The molecule has 0 heterocycles. The Labute approximate surface area is 144 Å². The van der Waals surface area contributed by atoms with E-state index in [2.05, 4.69) is 5.32 Å². The number of hydrogen-bond donors (Lipinski definition) is 1. The maximum absolute atomic E-state index is 12.0. The van der Waals surface area contributed by atoms with E-state index in [0.29, 0.717) is 28.5 Å². The second-order valence-corrected chi connectivity index (χ2v) is 5.11. The summed E-state index contributed by atoms with van der Waals surface area (Å²) in [4.78, 5) is 22.4. The van der Waals surface area contributed by atoms with Gasteiger partial charge in [0.1, 0.15) is 17.2 Å². The smallest absolute Gasteiger partial charge is 0.272 e. The first kappa shape index (κ1) is 18.1. The third-order valence-corrected chi connectivity index (χ3v) is 3.42. The van der Waals surface area contributed by atoms with Crippen molar-refractivity contribution in [2.75, 3.05) is 26.1 Å². The number of aryl methyl sites for hydroxylation is 1. The van der Waals surface area contributed by atoms with E-state index in [-0.39, 0.29) is 18.2 Å². The van der Waals surface area contributed by atoms with Gasteiger partial charge in [-0.15, -0.1) is 0 Å². The fourth-order valence-electron chi connectivity index (χ4n) is 2.16. The van der Waals surface area contributed by atoms with E-state index in [1.54, 1.807) is 25.1 Å². The SMILES string of the molecule is COc1ccc(NC(=O)COc2ccc([N+](=O)[O-])c(C)c2)c(OC)c1. The normalized spacial score (nSPS) is 10.0. The number of benzene rings is 2. The number of hydrogen-bond acceptors (Lipinski definition) is 6. The molecular formula is C17H18N2O6. The fraction of sp³-hybridized carbons (Fsp3) is 0.235. The molecule has 25 heavy (non-hydrogen) atoms. The molecule has 0 saturated carbocycles. The van der Waals surface area contributed by atoms with Crippen LogP contribution in [0.2, 0.25) is 0 Å². The number of nitro benzene ring substituents is 1. The summed E-state index contributed by atoms with van der Waals surface area (Å²) in [5, 5.41) is 13.5. The van der Waals surface area contributed by atoms with Crippen molar-refractivity contribution in [3.8, 4) is 17.2 Å². The summed E-state index contributed by atoms with van der Waals surface area (Å²) >= 11 is 0. The number of rotatable bonds is 7. The molecule has 8 heteroatoms. The van der Waals surface area contributed by atoms with Gasteiger partial charge in [-0.2, -0.15) is 0 Å². The Hall–Kier alpha value is -3.29. The Morgan fingerprint density at radius 2 is 1.84 bits per heavy atom. The molecule has 0 fully saturated rings. The Balaban J connectivity index is 1.99. The zero-order chi connectivity index (χ0) is 18.4. The van der Waals surface area contributed by atoms with Gasteiger partial charge in [-0.3, -0.25) is 14.9 Å². The van der Waals surface area contributed by atoms with Gasteiger partial charge in [-0.05, 0) is 31.2 Å². The Kier molecular flexibility index (Phi) is 5.78. The van der Waals surface area contributed by atoms with Gasteiger partial charge in [0, 0.05) is 17.7 Å². The van der Waals surface area contributed by atoms with Crippen LogP contribution in [0, 0.1) is 17.0 Å². The molecule has 1 N–H and O–H groups in total. The molecule has 8 nitrogen and oxygen atoms in total. The highest BCUT2D eigenvalue weighted by atomic mass is 16.6. The molecule has 0 spiro atoms. The van der Waals surface area contributed by atoms with Gasteiger partial charge < -0.3 is 19.5 Å². The van der Waals surface area contributed by atoms with Crippen molar-refractivity contribution < 1.29 is 23.9 Å². The van der Waals surface area contributed by atoms with Crippen LogP contribution >= 0.6 is 0 Å². The van der Waals surface area contributed by atoms with Gasteiger partial charge in [0.05, 0.1) is 24.8 Å². The van der Waals surface area contributed by atoms with Crippen molar-refractivity contribution in [3.05, 3.63) is 52.1 Å². The lowest BCUT2D eigenvalue weighted by molar-refractivity contribution is -0.385. The van der Waals surface area contributed by atoms with Crippen LogP contribution in [-0.4, -0.2) is 31.7 Å². The second kappa shape index (κ2) is 8.00. The summed E-state index contributed by atoms with van der Waals surface area (Å²) in [6.07, 6.45) is 0. The van der Waals surface area contributed by atoms with E-state index in [1.165, 1.54) is 32.4 Å². The zero-order valence-corrected chi connectivity index (χ0v) is 14.1. The third-order valence-electron chi connectivity index (χ3n) is 3.42. The maximum Gasteiger partial charge on any atom is 0.272 e. The molecular weight excluding hydrogens is 328 g/mol. The standard InChI is InChI=1S/C17H18N2O6/c1-11-8-13(5-7-15(11)19(21)22)25-10-17(20)18-14-6-4-12(23-2)9-16(14)24-3/h4-9H,10H2,1-3H3,(H,18,20). The molecule has 0 aliphatic rings. The highest BCUT2D eigenvalue weighted by Crippen LogP contribution is 2.29. The van der Waals surface area contributed by atoms with Crippen molar-refractivity contribution in [2.45, 2.75) is 6.92 Å². The van der Waals surface area contributed by atoms with Crippen molar-refractivity contribution in [2.24, 2.45) is 0 Å². The van der Waals surface area contributed by atoms with Gasteiger partial charge in [0.2, 0.25) is 0 Å². The monoisotopic (exact) mass is 346 g/mol. The summed E-state index contributed by atoms with van der Waals surface area (Å²) in [7, 11) is 3.02. The number of carbonyl (C=O) groups is 1. The molecule has 2 aromatic carbocycles. The zero-order valence-electron chi connectivity index (χ0n) is 14.1. The van der Waals surface area contributed by atoms with Gasteiger partial charge in [0.15, 0.2) is 6.61 Å². The minimum Gasteiger partial charge on any atom is -0.497 e. The van der Waals surface area contributed by atoms with Gasteiger partial charge in [-0.1, -0.05) is 0 Å². The summed E-state index contributed by atoms with van der Waals surface area (Å²) in [6.45, 7) is 1.36. The Morgan fingerprint density at radius 1 is 1.12 bits per heavy atom. The average molecular weight is 346 g/mol.